The normalized spacial score (nSPS) is 18.3. The van der Waals surface area contributed by atoms with E-state index in [4.69, 9.17) is 14.6 Å². The van der Waals surface area contributed by atoms with E-state index in [9.17, 15) is 9.59 Å². The number of nitrogens with zero attached hydrogens (tertiary/aromatic N) is 1. The fourth-order valence-corrected chi connectivity index (χ4v) is 2.42. The zero-order valence-electron chi connectivity index (χ0n) is 13.3. The third-order valence-corrected chi connectivity index (χ3v) is 3.76. The number of likely N-dealkylation sites (tertiary alicyclic amines) is 1. The van der Waals surface area contributed by atoms with Crippen molar-refractivity contribution >= 4 is 12.0 Å². The average molecular weight is 322 g/mol. The molecule has 0 bridgehead atoms. The molecule has 23 heavy (non-hydrogen) atoms. The molecule has 1 aliphatic heterocycles. The van der Waals surface area contributed by atoms with Gasteiger partial charge in [-0.15, -0.1) is 0 Å². The van der Waals surface area contributed by atoms with Gasteiger partial charge in [-0.25, -0.2) is 4.79 Å². The van der Waals surface area contributed by atoms with Gasteiger partial charge in [0.25, 0.3) is 0 Å². The lowest BCUT2D eigenvalue weighted by Crippen LogP contribution is -2.42. The number of ether oxygens (including phenoxy) is 2. The van der Waals surface area contributed by atoms with Crippen LogP contribution in [-0.2, 0) is 4.79 Å². The van der Waals surface area contributed by atoms with Gasteiger partial charge < -0.3 is 24.8 Å². The Morgan fingerprint density at radius 3 is 2.57 bits per heavy atom. The summed E-state index contributed by atoms with van der Waals surface area (Å²) in [5.74, 6) is 0.130. The van der Waals surface area contributed by atoms with Gasteiger partial charge in [-0.05, 0) is 37.6 Å². The molecule has 0 aromatic heterocycles. The number of methoxy groups -OCH3 is 1. The largest absolute Gasteiger partial charge is 0.497 e. The van der Waals surface area contributed by atoms with Crippen LogP contribution < -0.4 is 14.8 Å². The number of aliphatic carboxylic acids is 1. The second-order valence-electron chi connectivity index (χ2n) is 5.56. The Morgan fingerprint density at radius 1 is 1.35 bits per heavy atom. The molecular formula is C16H22N2O5. The first-order valence-electron chi connectivity index (χ1n) is 7.56. The molecule has 1 aromatic carbocycles. The Balaban J connectivity index is 1.74. The van der Waals surface area contributed by atoms with Crippen molar-refractivity contribution in [3.05, 3.63) is 24.3 Å². The fraction of sp³-hybridized carbons (Fsp3) is 0.500. The van der Waals surface area contributed by atoms with Gasteiger partial charge in [0, 0.05) is 13.1 Å². The zero-order valence-corrected chi connectivity index (χ0v) is 13.3. The molecule has 2 atom stereocenters. The summed E-state index contributed by atoms with van der Waals surface area (Å²) >= 11 is 0. The van der Waals surface area contributed by atoms with Gasteiger partial charge in [0.15, 0.2) is 0 Å². The highest BCUT2D eigenvalue weighted by atomic mass is 16.5. The van der Waals surface area contributed by atoms with E-state index in [1.807, 2.05) is 6.92 Å². The Morgan fingerprint density at radius 2 is 2.00 bits per heavy atom. The standard InChI is InChI=1S/C16H22N2O5/c1-11(23-14-5-3-13(22-2)4-6-14)9-17-16(21)18-8-7-12(10-18)15(19)20/h3-6,11-12H,7-10H2,1-2H3,(H,17,21)(H,19,20). The quantitative estimate of drug-likeness (QED) is 0.830. The van der Waals surface area contributed by atoms with Crippen molar-refractivity contribution in [1.82, 2.24) is 10.2 Å². The molecule has 0 radical (unpaired) electrons. The summed E-state index contributed by atoms with van der Waals surface area (Å²) in [4.78, 5) is 24.4. The van der Waals surface area contributed by atoms with E-state index in [1.165, 1.54) is 4.90 Å². The summed E-state index contributed by atoms with van der Waals surface area (Å²) in [6.07, 6.45) is 0.297. The van der Waals surface area contributed by atoms with Crippen LogP contribution in [0, 0.1) is 5.92 Å². The van der Waals surface area contributed by atoms with E-state index in [1.54, 1.807) is 31.4 Å². The molecule has 7 heteroatoms. The van der Waals surface area contributed by atoms with Crippen molar-refractivity contribution in [3.8, 4) is 11.5 Å². The molecule has 2 N–H and O–H groups in total. The molecule has 126 valence electrons. The molecule has 1 heterocycles. The van der Waals surface area contributed by atoms with Gasteiger partial charge in [0.2, 0.25) is 0 Å². The van der Waals surface area contributed by atoms with Gasteiger partial charge in [-0.1, -0.05) is 0 Å². The zero-order chi connectivity index (χ0) is 16.8. The van der Waals surface area contributed by atoms with E-state index in [0.717, 1.165) is 5.75 Å². The van der Waals surface area contributed by atoms with Gasteiger partial charge in [0.05, 0.1) is 19.6 Å². The monoisotopic (exact) mass is 322 g/mol. The number of rotatable bonds is 6. The molecule has 1 fully saturated rings. The number of hydrogen-bond acceptors (Lipinski definition) is 4. The number of urea groups is 1. The molecular weight excluding hydrogens is 300 g/mol. The maximum Gasteiger partial charge on any atom is 0.317 e. The van der Waals surface area contributed by atoms with Crippen molar-refractivity contribution in [2.24, 2.45) is 5.92 Å². The number of amides is 2. The van der Waals surface area contributed by atoms with Crippen LogP contribution in [0.2, 0.25) is 0 Å². The number of carbonyl (C=O) groups is 2. The maximum absolute atomic E-state index is 12.0. The van der Waals surface area contributed by atoms with Crippen molar-refractivity contribution < 1.29 is 24.2 Å². The van der Waals surface area contributed by atoms with E-state index in [2.05, 4.69) is 5.32 Å². The molecule has 2 unspecified atom stereocenters. The van der Waals surface area contributed by atoms with Gasteiger partial charge in [0.1, 0.15) is 17.6 Å². The third-order valence-electron chi connectivity index (χ3n) is 3.76. The van der Waals surface area contributed by atoms with E-state index < -0.39 is 11.9 Å². The summed E-state index contributed by atoms with van der Waals surface area (Å²) < 4.78 is 10.8. The molecule has 1 aromatic rings. The number of benzene rings is 1. The van der Waals surface area contributed by atoms with Crippen molar-refractivity contribution in [2.45, 2.75) is 19.4 Å². The van der Waals surface area contributed by atoms with Crippen LogP contribution in [0.1, 0.15) is 13.3 Å². The number of carboxylic acid groups (broad SMARTS) is 1. The van der Waals surface area contributed by atoms with Crippen LogP contribution in [0.15, 0.2) is 24.3 Å². The first-order chi connectivity index (χ1) is 11.0. The summed E-state index contributed by atoms with van der Waals surface area (Å²) in [7, 11) is 1.60. The van der Waals surface area contributed by atoms with Crippen LogP contribution >= 0.6 is 0 Å². The first-order valence-corrected chi connectivity index (χ1v) is 7.56. The van der Waals surface area contributed by atoms with Crippen LogP contribution in [-0.4, -0.2) is 54.9 Å². The average Bonchev–Trinajstić information content (AvgIpc) is 3.03. The Bertz CT molecular complexity index is 546. The topological polar surface area (TPSA) is 88.1 Å². The van der Waals surface area contributed by atoms with Gasteiger partial charge in [-0.2, -0.15) is 0 Å². The Kier molecular flexibility index (Phi) is 5.67. The second kappa shape index (κ2) is 7.71. The van der Waals surface area contributed by atoms with E-state index in [0.29, 0.717) is 25.3 Å². The molecule has 2 rings (SSSR count). The van der Waals surface area contributed by atoms with Gasteiger partial charge in [-0.3, -0.25) is 4.79 Å². The van der Waals surface area contributed by atoms with Crippen LogP contribution in [0.25, 0.3) is 0 Å². The molecule has 1 saturated heterocycles. The Labute approximate surface area is 135 Å². The van der Waals surface area contributed by atoms with Crippen molar-refractivity contribution in [2.75, 3.05) is 26.7 Å². The lowest BCUT2D eigenvalue weighted by atomic mass is 10.1. The number of carbonyl (C=O) groups excluding carboxylic acids is 1. The molecule has 2 amide bonds. The second-order valence-corrected chi connectivity index (χ2v) is 5.56. The number of nitrogens with one attached hydrogen (secondary N) is 1. The van der Waals surface area contributed by atoms with Crippen LogP contribution in [0.4, 0.5) is 4.79 Å². The first kappa shape index (κ1) is 16.9. The SMILES string of the molecule is COc1ccc(OC(C)CNC(=O)N2CCC(C(=O)O)C2)cc1. The molecule has 7 nitrogen and oxygen atoms in total. The highest BCUT2D eigenvalue weighted by Gasteiger charge is 2.30. The van der Waals surface area contributed by atoms with E-state index >= 15 is 0 Å². The summed E-state index contributed by atoms with van der Waals surface area (Å²) in [6, 6.07) is 6.96. The fourth-order valence-electron chi connectivity index (χ4n) is 2.42. The maximum atomic E-state index is 12.0. The smallest absolute Gasteiger partial charge is 0.317 e. The minimum absolute atomic E-state index is 0.204. The number of carboxylic acids is 1. The van der Waals surface area contributed by atoms with Crippen molar-refractivity contribution in [3.63, 3.8) is 0 Å². The summed E-state index contributed by atoms with van der Waals surface area (Å²) in [6.45, 7) is 2.93. The minimum Gasteiger partial charge on any atom is -0.497 e. The number of hydrogen-bond donors (Lipinski definition) is 2. The third kappa shape index (κ3) is 4.77. The molecule has 0 spiro atoms. The lowest BCUT2D eigenvalue weighted by Gasteiger charge is -2.20. The van der Waals surface area contributed by atoms with Crippen LogP contribution in [0.5, 0.6) is 11.5 Å². The van der Waals surface area contributed by atoms with Crippen LogP contribution in [0.3, 0.4) is 0 Å². The molecule has 1 aliphatic rings. The summed E-state index contributed by atoms with van der Waals surface area (Å²) in [5, 5.41) is 11.7. The minimum atomic E-state index is -0.850. The predicted molar refractivity (Wildman–Crippen MR) is 83.8 cm³/mol. The molecule has 0 aliphatic carbocycles. The highest BCUT2D eigenvalue weighted by molar-refractivity contribution is 5.77. The van der Waals surface area contributed by atoms with Crippen molar-refractivity contribution in [1.29, 1.82) is 0 Å². The lowest BCUT2D eigenvalue weighted by molar-refractivity contribution is -0.141. The molecule has 0 saturated carbocycles. The highest BCUT2D eigenvalue weighted by Crippen LogP contribution is 2.18. The van der Waals surface area contributed by atoms with E-state index in [-0.39, 0.29) is 18.7 Å². The van der Waals surface area contributed by atoms with Gasteiger partial charge >= 0.3 is 12.0 Å². The summed E-state index contributed by atoms with van der Waals surface area (Å²) in [5.41, 5.74) is 0. The predicted octanol–water partition coefficient (Wildman–Crippen LogP) is 1.58. The Hall–Kier alpha value is -2.44.